The number of anilines is 1. The highest BCUT2D eigenvalue weighted by Gasteiger charge is 2.41. The topological polar surface area (TPSA) is 96.7 Å². The van der Waals surface area contributed by atoms with Crippen molar-refractivity contribution in [2.24, 2.45) is 0 Å². The van der Waals surface area contributed by atoms with Crippen LogP contribution in [-0.2, 0) is 9.53 Å². The van der Waals surface area contributed by atoms with Crippen molar-refractivity contribution in [3.63, 3.8) is 0 Å². The Morgan fingerprint density at radius 1 is 1.07 bits per heavy atom. The van der Waals surface area contributed by atoms with Crippen molar-refractivity contribution in [2.75, 3.05) is 19.0 Å². The lowest BCUT2D eigenvalue weighted by molar-refractivity contribution is -0.116. The van der Waals surface area contributed by atoms with Crippen molar-refractivity contribution in [1.29, 1.82) is 0 Å². The maximum atomic E-state index is 13.0. The summed E-state index contributed by atoms with van der Waals surface area (Å²) in [5, 5.41) is 6.93. The first-order valence-electron chi connectivity index (χ1n) is 13.0. The zero-order valence-electron chi connectivity index (χ0n) is 22.5. The maximum Gasteiger partial charge on any atom is 0.337 e. The van der Waals surface area contributed by atoms with Gasteiger partial charge in [-0.05, 0) is 79.7 Å². The molecule has 0 aliphatic carbocycles. The molecule has 2 aromatic carbocycles. The third-order valence-corrected chi connectivity index (χ3v) is 7.28. The molecule has 5 rings (SSSR count). The van der Waals surface area contributed by atoms with E-state index in [-0.39, 0.29) is 24.4 Å². The van der Waals surface area contributed by atoms with Crippen LogP contribution in [0.15, 0.2) is 83.4 Å². The summed E-state index contributed by atoms with van der Waals surface area (Å²) in [6.07, 6.45) is 1.97. The average Bonchev–Trinajstić information content (AvgIpc) is 3.58. The van der Waals surface area contributed by atoms with Crippen LogP contribution >= 0.6 is 12.2 Å². The van der Waals surface area contributed by atoms with Crippen LogP contribution in [0.4, 0.5) is 5.69 Å². The van der Waals surface area contributed by atoms with Crippen molar-refractivity contribution in [1.82, 2.24) is 15.2 Å². The lowest BCUT2D eigenvalue weighted by Gasteiger charge is -2.26. The van der Waals surface area contributed by atoms with Gasteiger partial charge in [0, 0.05) is 30.4 Å². The summed E-state index contributed by atoms with van der Waals surface area (Å²) in [5.74, 6) is 0.748. The van der Waals surface area contributed by atoms with Gasteiger partial charge in [-0.3, -0.25) is 9.78 Å². The molecular formula is C31H30N4O4S. The molecule has 1 fully saturated rings. The number of hydrogen-bond acceptors (Lipinski definition) is 6. The minimum Gasteiger partial charge on any atom is -0.465 e. The van der Waals surface area contributed by atoms with Gasteiger partial charge in [-0.15, -0.1) is 0 Å². The van der Waals surface area contributed by atoms with Crippen LogP contribution in [-0.4, -0.2) is 40.5 Å². The molecule has 0 radical (unpaired) electrons. The lowest BCUT2D eigenvalue weighted by Crippen LogP contribution is -2.32. The number of aromatic nitrogens is 1. The van der Waals surface area contributed by atoms with Gasteiger partial charge in [0.1, 0.15) is 17.6 Å². The number of nitrogens with one attached hydrogen (secondary N) is 2. The van der Waals surface area contributed by atoms with Gasteiger partial charge < -0.3 is 24.7 Å². The number of amides is 1. The summed E-state index contributed by atoms with van der Waals surface area (Å²) in [6, 6.07) is 21.9. The van der Waals surface area contributed by atoms with E-state index >= 15 is 0 Å². The monoisotopic (exact) mass is 554 g/mol. The number of ether oxygens (including phenoxy) is 1. The minimum absolute atomic E-state index is 0.101. The van der Waals surface area contributed by atoms with Gasteiger partial charge in [-0.25, -0.2) is 4.79 Å². The first-order valence-corrected chi connectivity index (χ1v) is 13.4. The third kappa shape index (κ3) is 5.74. The second kappa shape index (κ2) is 11.7. The van der Waals surface area contributed by atoms with E-state index in [2.05, 4.69) is 15.6 Å². The molecule has 3 heterocycles. The highest BCUT2D eigenvalue weighted by atomic mass is 32.1. The Hall–Kier alpha value is -4.50. The van der Waals surface area contributed by atoms with Crippen LogP contribution in [0.2, 0.25) is 0 Å². The van der Waals surface area contributed by atoms with Gasteiger partial charge in [0.05, 0.1) is 24.4 Å². The number of pyridine rings is 1. The molecule has 1 aliphatic heterocycles. The van der Waals surface area contributed by atoms with Gasteiger partial charge >= 0.3 is 5.97 Å². The number of benzene rings is 2. The molecule has 0 unspecified atom stereocenters. The molecular weight excluding hydrogens is 524 g/mol. The molecule has 9 heteroatoms. The Kier molecular flexibility index (Phi) is 7.93. The van der Waals surface area contributed by atoms with Crippen molar-refractivity contribution < 1.29 is 18.7 Å². The molecule has 0 bridgehead atoms. The standard InChI is InChI=1S/C31H30N4O4S/c1-19-10-11-20(2)24(17-19)33-27(36)14-16-35-29(28(34-31(35)40)23-9-4-5-15-32-23)26-13-12-25(39-26)21-7-6-8-22(18-21)30(37)38-3/h4-13,15,17-18,28-29H,14,16H2,1-3H3,(H,33,36)(H,34,40)/t28-,29-/m0/s1. The molecule has 40 heavy (non-hydrogen) atoms. The summed E-state index contributed by atoms with van der Waals surface area (Å²) < 4.78 is 11.2. The van der Waals surface area contributed by atoms with Crippen LogP contribution < -0.4 is 10.6 Å². The molecule has 1 amide bonds. The van der Waals surface area contributed by atoms with E-state index in [1.54, 1.807) is 24.4 Å². The van der Waals surface area contributed by atoms with Crippen molar-refractivity contribution in [3.05, 3.63) is 107 Å². The van der Waals surface area contributed by atoms with Crippen LogP contribution in [0.3, 0.4) is 0 Å². The second-order valence-electron chi connectivity index (χ2n) is 9.71. The lowest BCUT2D eigenvalue weighted by atomic mass is 10.0. The Balaban J connectivity index is 1.41. The van der Waals surface area contributed by atoms with Crippen LogP contribution in [0.5, 0.6) is 0 Å². The first kappa shape index (κ1) is 27.1. The largest absolute Gasteiger partial charge is 0.465 e. The molecule has 0 saturated carbocycles. The number of esters is 1. The highest BCUT2D eigenvalue weighted by Crippen LogP contribution is 2.40. The van der Waals surface area contributed by atoms with E-state index in [4.69, 9.17) is 21.4 Å². The first-order chi connectivity index (χ1) is 19.3. The fraction of sp³-hybridized carbons (Fsp3) is 0.226. The molecule has 1 aliphatic rings. The molecule has 2 N–H and O–H groups in total. The van der Waals surface area contributed by atoms with Gasteiger partial charge in [0.25, 0.3) is 0 Å². The van der Waals surface area contributed by atoms with Gasteiger partial charge in [-0.1, -0.05) is 30.3 Å². The molecule has 8 nitrogen and oxygen atoms in total. The minimum atomic E-state index is -0.417. The van der Waals surface area contributed by atoms with E-state index in [0.717, 1.165) is 28.1 Å². The number of thiocarbonyl (C=S) groups is 1. The number of nitrogens with zero attached hydrogens (tertiary/aromatic N) is 2. The molecule has 2 aromatic heterocycles. The number of aryl methyl sites for hydroxylation is 2. The van der Waals surface area contributed by atoms with Crippen molar-refractivity contribution in [2.45, 2.75) is 32.4 Å². The summed E-state index contributed by atoms with van der Waals surface area (Å²) >= 11 is 5.74. The summed E-state index contributed by atoms with van der Waals surface area (Å²) in [6.45, 7) is 4.34. The van der Waals surface area contributed by atoms with Gasteiger partial charge in [-0.2, -0.15) is 0 Å². The van der Waals surface area contributed by atoms with E-state index in [9.17, 15) is 9.59 Å². The SMILES string of the molecule is COC(=O)c1cccc(-c2ccc([C@H]3[C@H](c4ccccn4)NC(=S)N3CCC(=O)Nc3cc(C)ccc3C)o2)c1. The zero-order chi connectivity index (χ0) is 28.2. The number of rotatable bonds is 8. The van der Waals surface area contributed by atoms with Gasteiger partial charge in [0.15, 0.2) is 5.11 Å². The summed E-state index contributed by atoms with van der Waals surface area (Å²) in [5.41, 5.74) is 4.88. The fourth-order valence-corrected chi connectivity index (χ4v) is 5.18. The Morgan fingerprint density at radius 2 is 1.93 bits per heavy atom. The predicted octanol–water partition coefficient (Wildman–Crippen LogP) is 5.75. The zero-order valence-corrected chi connectivity index (χ0v) is 23.3. The Labute approximate surface area is 238 Å². The summed E-state index contributed by atoms with van der Waals surface area (Å²) in [4.78, 5) is 31.5. The van der Waals surface area contributed by atoms with Crippen LogP contribution in [0.1, 0.15) is 51.4 Å². The molecule has 4 aromatic rings. The average molecular weight is 555 g/mol. The number of methoxy groups -OCH3 is 1. The Morgan fingerprint density at radius 3 is 2.70 bits per heavy atom. The van der Waals surface area contributed by atoms with Crippen LogP contribution in [0.25, 0.3) is 11.3 Å². The van der Waals surface area contributed by atoms with Crippen molar-refractivity contribution in [3.8, 4) is 11.3 Å². The van der Waals surface area contributed by atoms with Gasteiger partial charge in [0.2, 0.25) is 5.91 Å². The van der Waals surface area contributed by atoms with E-state index in [1.807, 2.05) is 73.3 Å². The predicted molar refractivity (Wildman–Crippen MR) is 157 cm³/mol. The van der Waals surface area contributed by atoms with Crippen LogP contribution in [0, 0.1) is 13.8 Å². The maximum absolute atomic E-state index is 13.0. The molecule has 204 valence electrons. The fourth-order valence-electron chi connectivity index (χ4n) is 4.84. The number of furan rings is 1. The highest BCUT2D eigenvalue weighted by molar-refractivity contribution is 7.80. The van der Waals surface area contributed by atoms with E-state index < -0.39 is 5.97 Å². The quantitative estimate of drug-likeness (QED) is 0.210. The second-order valence-corrected chi connectivity index (χ2v) is 10.1. The number of hydrogen-bond donors (Lipinski definition) is 2. The number of carbonyl (C=O) groups is 2. The van der Waals surface area contributed by atoms with E-state index in [1.165, 1.54) is 7.11 Å². The van der Waals surface area contributed by atoms with E-state index in [0.29, 0.717) is 28.7 Å². The Bertz CT molecular complexity index is 1550. The van der Waals surface area contributed by atoms with Crippen molar-refractivity contribution >= 4 is 34.9 Å². The molecule has 0 spiro atoms. The summed E-state index contributed by atoms with van der Waals surface area (Å²) in [7, 11) is 1.35. The number of carbonyl (C=O) groups excluding carboxylic acids is 2. The smallest absolute Gasteiger partial charge is 0.337 e. The molecule has 1 saturated heterocycles. The normalized spacial score (nSPS) is 16.5. The molecule has 2 atom stereocenters. The third-order valence-electron chi connectivity index (χ3n) is 6.93.